The van der Waals surface area contributed by atoms with E-state index in [0.717, 1.165) is 38.5 Å². The monoisotopic (exact) mass is 679 g/mol. The number of nitrogens with two attached hydrogens (primary N) is 1. The molecule has 1 unspecified atom stereocenters. The zero-order valence-electron chi connectivity index (χ0n) is 28.9. The van der Waals surface area contributed by atoms with Crippen LogP contribution in [-0.4, -0.2) is 59.9 Å². The quantitative estimate of drug-likeness (QED) is 0.0339. The molecule has 0 heterocycles. The number of phosphoric acid groups is 1. The van der Waals surface area contributed by atoms with Gasteiger partial charge in [-0.1, -0.05) is 142 Å². The van der Waals surface area contributed by atoms with Gasteiger partial charge in [-0.25, -0.2) is 4.57 Å². The first-order valence-corrected chi connectivity index (χ1v) is 19.6. The van der Waals surface area contributed by atoms with Crippen molar-refractivity contribution in [3.63, 3.8) is 0 Å². The molecule has 0 rings (SSSR count). The summed E-state index contributed by atoms with van der Waals surface area (Å²) in [4.78, 5) is 45.6. The van der Waals surface area contributed by atoms with Crippen molar-refractivity contribution in [3.05, 3.63) is 0 Å². The third kappa shape index (κ3) is 29.9. The minimum absolute atomic E-state index is 0.168. The lowest BCUT2D eigenvalue weighted by Gasteiger charge is -2.20. The number of carbonyl (C=O) groups is 3. The number of esters is 2. The Morgan fingerprint density at radius 1 is 0.587 bits per heavy atom. The maximum absolute atomic E-state index is 12.5. The van der Waals surface area contributed by atoms with Crippen molar-refractivity contribution in [2.24, 2.45) is 5.73 Å². The molecule has 0 radical (unpaired) electrons. The van der Waals surface area contributed by atoms with Gasteiger partial charge in [0.15, 0.2) is 6.10 Å². The van der Waals surface area contributed by atoms with E-state index in [1.807, 2.05) is 0 Å². The van der Waals surface area contributed by atoms with E-state index in [2.05, 4.69) is 18.4 Å². The van der Waals surface area contributed by atoms with Gasteiger partial charge in [0.2, 0.25) is 0 Å². The van der Waals surface area contributed by atoms with Crippen LogP contribution in [0.15, 0.2) is 0 Å². The molecule has 0 aliphatic rings. The fraction of sp³-hybridized carbons (Fsp3) is 0.912. The van der Waals surface area contributed by atoms with Gasteiger partial charge in [-0.15, -0.1) is 0 Å². The lowest BCUT2D eigenvalue weighted by molar-refractivity contribution is -0.161. The van der Waals surface area contributed by atoms with Crippen molar-refractivity contribution in [3.8, 4) is 0 Å². The highest BCUT2D eigenvalue weighted by molar-refractivity contribution is 7.47. The van der Waals surface area contributed by atoms with E-state index in [4.69, 9.17) is 24.8 Å². The number of carboxylic acids is 1. The summed E-state index contributed by atoms with van der Waals surface area (Å²) in [6, 6.07) is -1.51. The van der Waals surface area contributed by atoms with Crippen LogP contribution in [0.5, 0.6) is 0 Å². The van der Waals surface area contributed by atoms with Crippen molar-refractivity contribution < 1.29 is 47.5 Å². The van der Waals surface area contributed by atoms with E-state index < -0.39 is 51.1 Å². The van der Waals surface area contributed by atoms with Crippen molar-refractivity contribution in [1.29, 1.82) is 0 Å². The molecule has 0 aliphatic carbocycles. The van der Waals surface area contributed by atoms with Crippen molar-refractivity contribution >= 4 is 25.7 Å². The van der Waals surface area contributed by atoms with Crippen LogP contribution in [0.1, 0.15) is 168 Å². The maximum atomic E-state index is 12.5. The molecule has 0 saturated carbocycles. The van der Waals surface area contributed by atoms with E-state index in [1.165, 1.54) is 89.9 Å². The van der Waals surface area contributed by atoms with Gasteiger partial charge in [-0.05, 0) is 12.8 Å². The molecule has 3 atom stereocenters. The van der Waals surface area contributed by atoms with E-state index in [0.29, 0.717) is 12.8 Å². The Balaban J connectivity index is 4.46. The van der Waals surface area contributed by atoms with Crippen LogP contribution in [-0.2, 0) is 37.5 Å². The van der Waals surface area contributed by atoms with E-state index >= 15 is 0 Å². The van der Waals surface area contributed by atoms with E-state index in [1.54, 1.807) is 0 Å². The van der Waals surface area contributed by atoms with E-state index in [-0.39, 0.29) is 19.4 Å². The third-order valence-electron chi connectivity index (χ3n) is 7.86. The molecular formula is C34H66NO10P. The Bertz CT molecular complexity index is 813. The molecular weight excluding hydrogens is 613 g/mol. The average Bonchev–Trinajstić information content (AvgIpc) is 3.02. The molecule has 0 aromatic carbocycles. The summed E-state index contributed by atoms with van der Waals surface area (Å²) in [6.45, 7) is 2.77. The number of aliphatic carboxylic acids is 1. The smallest absolute Gasteiger partial charge is 0.472 e. The number of ether oxygens (including phenoxy) is 2. The first kappa shape index (κ1) is 44.5. The van der Waals surface area contributed by atoms with Gasteiger partial charge in [-0.2, -0.15) is 0 Å². The second-order valence-electron chi connectivity index (χ2n) is 12.4. The molecule has 0 aromatic heterocycles. The molecule has 46 heavy (non-hydrogen) atoms. The highest BCUT2D eigenvalue weighted by Crippen LogP contribution is 2.43. The van der Waals surface area contributed by atoms with Crippen LogP contribution in [0.25, 0.3) is 0 Å². The standard InChI is InChI=1S/C34H66NO10P/c1-3-5-7-9-11-13-15-17-19-21-23-25-32(36)42-27-30(28-43-46(40,41)44-29-31(35)34(38)39)45-33(37)26-24-22-20-18-16-14-12-10-8-6-4-2/h30-31H,3-29,35H2,1-2H3,(H,38,39)(H,40,41)/t30-,31-/m0/s1. The summed E-state index contributed by atoms with van der Waals surface area (Å²) in [6.07, 6.45) is 24.6. The molecule has 0 amide bonds. The van der Waals surface area contributed by atoms with Gasteiger partial charge in [0, 0.05) is 12.8 Å². The van der Waals surface area contributed by atoms with Crippen LogP contribution in [0.2, 0.25) is 0 Å². The molecule has 0 saturated heterocycles. The first-order valence-electron chi connectivity index (χ1n) is 18.1. The number of carboxylic acid groups (broad SMARTS) is 1. The van der Waals surface area contributed by atoms with Gasteiger partial charge < -0.3 is 25.2 Å². The molecule has 0 aliphatic heterocycles. The number of hydrogen-bond acceptors (Lipinski definition) is 9. The number of rotatable bonds is 34. The van der Waals surface area contributed by atoms with E-state index in [9.17, 15) is 23.8 Å². The van der Waals surface area contributed by atoms with Crippen molar-refractivity contribution in [2.75, 3.05) is 19.8 Å². The highest BCUT2D eigenvalue weighted by Gasteiger charge is 2.28. The van der Waals surface area contributed by atoms with Crippen LogP contribution >= 0.6 is 7.82 Å². The second-order valence-corrected chi connectivity index (χ2v) is 13.8. The Kier molecular flexibility index (Phi) is 29.8. The van der Waals surface area contributed by atoms with Gasteiger partial charge in [0.1, 0.15) is 12.6 Å². The fourth-order valence-electron chi connectivity index (χ4n) is 4.95. The molecule has 272 valence electrons. The van der Waals surface area contributed by atoms with Crippen molar-refractivity contribution in [2.45, 2.75) is 180 Å². The lowest BCUT2D eigenvalue weighted by Crippen LogP contribution is -2.34. The third-order valence-corrected chi connectivity index (χ3v) is 8.81. The lowest BCUT2D eigenvalue weighted by atomic mass is 10.1. The molecule has 11 nitrogen and oxygen atoms in total. The number of carbonyl (C=O) groups excluding carboxylic acids is 2. The van der Waals surface area contributed by atoms with Crippen molar-refractivity contribution in [1.82, 2.24) is 0 Å². The minimum atomic E-state index is -4.70. The SMILES string of the molecule is CCCCCCCCCCCCCC(=O)OC[C@@H](COP(=O)(O)OC[C@H](N)C(=O)O)OC(=O)CCCCCCCCCCCCC. The predicted octanol–water partition coefficient (Wildman–Crippen LogP) is 8.39. The summed E-state index contributed by atoms with van der Waals surface area (Å²) >= 11 is 0. The largest absolute Gasteiger partial charge is 0.480 e. The second kappa shape index (κ2) is 30.8. The minimum Gasteiger partial charge on any atom is -0.480 e. The Hall–Kier alpha value is -1.52. The molecule has 12 heteroatoms. The summed E-state index contributed by atoms with van der Waals surface area (Å²) in [5.41, 5.74) is 5.30. The Morgan fingerprint density at radius 3 is 1.37 bits per heavy atom. The van der Waals surface area contributed by atoms with Gasteiger partial charge in [0.05, 0.1) is 13.2 Å². The first-order chi connectivity index (χ1) is 22.1. The number of hydrogen-bond donors (Lipinski definition) is 3. The Labute approximate surface area is 278 Å². The Morgan fingerprint density at radius 2 is 0.957 bits per heavy atom. The highest BCUT2D eigenvalue weighted by atomic mass is 31.2. The van der Waals surface area contributed by atoms with Crippen LogP contribution in [0.4, 0.5) is 0 Å². The van der Waals surface area contributed by atoms with Crippen LogP contribution < -0.4 is 5.73 Å². The van der Waals surface area contributed by atoms with Gasteiger partial charge in [0.25, 0.3) is 0 Å². The van der Waals surface area contributed by atoms with Crippen LogP contribution in [0.3, 0.4) is 0 Å². The fourth-order valence-corrected chi connectivity index (χ4v) is 5.72. The number of phosphoric ester groups is 1. The predicted molar refractivity (Wildman–Crippen MR) is 180 cm³/mol. The zero-order valence-corrected chi connectivity index (χ0v) is 29.8. The molecule has 0 spiro atoms. The summed E-state index contributed by atoms with van der Waals surface area (Å²) in [7, 11) is -4.70. The van der Waals surface area contributed by atoms with Crippen LogP contribution in [0, 0.1) is 0 Å². The summed E-state index contributed by atoms with van der Waals surface area (Å²) in [5, 5.41) is 8.83. The summed E-state index contributed by atoms with van der Waals surface area (Å²) in [5.74, 6) is -2.37. The summed E-state index contributed by atoms with van der Waals surface area (Å²) < 4.78 is 32.5. The molecule has 0 aromatic rings. The van der Waals surface area contributed by atoms with Gasteiger partial charge >= 0.3 is 25.7 Å². The normalized spacial score (nSPS) is 14.0. The molecule has 4 N–H and O–H groups in total. The molecule has 0 fully saturated rings. The zero-order chi connectivity index (χ0) is 34.3. The van der Waals surface area contributed by atoms with Gasteiger partial charge in [-0.3, -0.25) is 23.4 Å². The maximum Gasteiger partial charge on any atom is 0.472 e. The molecule has 0 bridgehead atoms. The topological polar surface area (TPSA) is 172 Å². The number of unbranched alkanes of at least 4 members (excludes halogenated alkanes) is 20. The average molecular weight is 680 g/mol.